The third-order valence-corrected chi connectivity index (χ3v) is 2.62. The Morgan fingerprint density at radius 2 is 1.78 bits per heavy atom. The molecule has 18 heavy (non-hydrogen) atoms. The van der Waals surface area contributed by atoms with Gasteiger partial charge in [-0.15, -0.1) is 0 Å². The van der Waals surface area contributed by atoms with Crippen molar-refractivity contribution >= 4 is 11.6 Å². The zero-order valence-electron chi connectivity index (χ0n) is 9.71. The molecule has 0 atom stereocenters. The molecule has 0 aliphatic heterocycles. The maximum absolute atomic E-state index is 13.0. The lowest BCUT2D eigenvalue weighted by Gasteiger charge is -2.01. The molecule has 0 N–H and O–H groups in total. The summed E-state index contributed by atoms with van der Waals surface area (Å²) in [5.74, 6) is 6.11. The highest BCUT2D eigenvalue weighted by Crippen LogP contribution is 2.24. The van der Waals surface area contributed by atoms with Gasteiger partial charge in [0.25, 0.3) is 0 Å². The first-order valence-electron chi connectivity index (χ1n) is 5.30. The highest BCUT2D eigenvalue weighted by molar-refractivity contribution is 6.32. The minimum Gasteiger partial charge on any atom is -0.495 e. The molecular formula is C15H10ClFO. The monoisotopic (exact) mass is 260 g/mol. The highest BCUT2D eigenvalue weighted by atomic mass is 35.5. The van der Waals surface area contributed by atoms with Crippen molar-refractivity contribution in [1.82, 2.24) is 0 Å². The zero-order chi connectivity index (χ0) is 13.0. The third-order valence-electron chi connectivity index (χ3n) is 2.33. The van der Waals surface area contributed by atoms with Gasteiger partial charge < -0.3 is 4.74 Å². The van der Waals surface area contributed by atoms with E-state index in [1.165, 1.54) is 12.1 Å². The largest absolute Gasteiger partial charge is 0.495 e. The number of hydrogen-bond donors (Lipinski definition) is 0. The van der Waals surface area contributed by atoms with E-state index in [4.69, 9.17) is 16.3 Å². The lowest BCUT2D eigenvalue weighted by Crippen LogP contribution is -1.84. The molecule has 0 saturated carbocycles. The Hall–Kier alpha value is -1.98. The fourth-order valence-electron chi connectivity index (χ4n) is 1.45. The summed E-state index contributed by atoms with van der Waals surface area (Å²) < 4.78 is 18.0. The molecule has 2 aromatic carbocycles. The van der Waals surface area contributed by atoms with Crippen molar-refractivity contribution in [3.05, 3.63) is 64.4 Å². The Morgan fingerprint density at radius 1 is 1.06 bits per heavy atom. The van der Waals surface area contributed by atoms with Crippen LogP contribution in [0.15, 0.2) is 42.5 Å². The number of ether oxygens (including phenoxy) is 1. The molecular weight excluding hydrogens is 251 g/mol. The summed E-state index contributed by atoms with van der Waals surface area (Å²) in [6.45, 7) is 0. The summed E-state index contributed by atoms with van der Waals surface area (Å²) in [4.78, 5) is 0. The quantitative estimate of drug-likeness (QED) is 0.707. The van der Waals surface area contributed by atoms with Crippen LogP contribution in [0.3, 0.4) is 0 Å². The van der Waals surface area contributed by atoms with Gasteiger partial charge in [-0.3, -0.25) is 0 Å². The maximum Gasteiger partial charge on any atom is 0.137 e. The lowest BCUT2D eigenvalue weighted by atomic mass is 10.2. The Kier molecular flexibility index (Phi) is 3.86. The molecule has 0 bridgehead atoms. The normalized spacial score (nSPS) is 9.50. The molecule has 0 amide bonds. The van der Waals surface area contributed by atoms with E-state index < -0.39 is 0 Å². The van der Waals surface area contributed by atoms with Crippen molar-refractivity contribution in [2.75, 3.05) is 7.11 Å². The summed E-state index contributed by atoms with van der Waals surface area (Å²) in [5.41, 5.74) is 1.38. The standard InChI is InChI=1S/C15H10ClFO/c1-18-15-8-7-12(10-14(15)16)6-5-11-3-2-4-13(17)9-11/h2-4,7-10H,1H3. The molecule has 3 heteroatoms. The summed E-state index contributed by atoms with van der Waals surface area (Å²) >= 11 is 5.98. The van der Waals surface area contributed by atoms with Crippen LogP contribution in [0.2, 0.25) is 5.02 Å². The Labute approximate surface area is 110 Å². The van der Waals surface area contributed by atoms with Crippen molar-refractivity contribution in [3.63, 3.8) is 0 Å². The Balaban J connectivity index is 2.27. The summed E-state index contributed by atoms with van der Waals surface area (Å²) in [6, 6.07) is 11.4. The van der Waals surface area contributed by atoms with E-state index in [0.29, 0.717) is 16.3 Å². The second kappa shape index (κ2) is 5.57. The van der Waals surface area contributed by atoms with Crippen molar-refractivity contribution in [1.29, 1.82) is 0 Å². The van der Waals surface area contributed by atoms with Crippen LogP contribution in [0.1, 0.15) is 11.1 Å². The number of rotatable bonds is 1. The first-order chi connectivity index (χ1) is 8.69. The van der Waals surface area contributed by atoms with Crippen LogP contribution in [-0.2, 0) is 0 Å². The minimum atomic E-state index is -0.297. The van der Waals surface area contributed by atoms with Crippen LogP contribution < -0.4 is 4.74 Å². The third kappa shape index (κ3) is 3.03. The van der Waals surface area contributed by atoms with Crippen LogP contribution in [-0.4, -0.2) is 7.11 Å². The molecule has 2 rings (SSSR count). The number of benzene rings is 2. The van der Waals surface area contributed by atoms with Crippen LogP contribution in [0.25, 0.3) is 0 Å². The molecule has 0 aromatic heterocycles. The summed E-state index contributed by atoms with van der Waals surface area (Å²) in [7, 11) is 1.55. The smallest absolute Gasteiger partial charge is 0.137 e. The molecule has 0 fully saturated rings. The van der Waals surface area contributed by atoms with Gasteiger partial charge in [0, 0.05) is 11.1 Å². The van der Waals surface area contributed by atoms with Gasteiger partial charge in [-0.2, -0.15) is 0 Å². The van der Waals surface area contributed by atoms with Gasteiger partial charge in [-0.05, 0) is 36.4 Å². The molecule has 2 aromatic rings. The highest BCUT2D eigenvalue weighted by Gasteiger charge is 1.99. The van der Waals surface area contributed by atoms with Crippen molar-refractivity contribution in [3.8, 4) is 17.6 Å². The van der Waals surface area contributed by atoms with Gasteiger partial charge in [0.2, 0.25) is 0 Å². The van der Waals surface area contributed by atoms with Gasteiger partial charge >= 0.3 is 0 Å². The minimum absolute atomic E-state index is 0.297. The first kappa shape index (κ1) is 12.5. The van der Waals surface area contributed by atoms with Crippen LogP contribution in [0.4, 0.5) is 4.39 Å². The predicted octanol–water partition coefficient (Wildman–Crippen LogP) is 3.89. The second-order valence-electron chi connectivity index (χ2n) is 3.61. The molecule has 0 aliphatic rings. The molecule has 0 radical (unpaired) electrons. The summed E-state index contributed by atoms with van der Waals surface area (Å²) in [5, 5.41) is 0.503. The SMILES string of the molecule is COc1ccc(C#Cc2cccc(F)c2)cc1Cl. The molecule has 1 nitrogen and oxygen atoms in total. The molecule has 0 unspecified atom stereocenters. The zero-order valence-corrected chi connectivity index (χ0v) is 10.5. The number of hydrogen-bond acceptors (Lipinski definition) is 1. The van der Waals surface area contributed by atoms with Gasteiger partial charge in [-0.25, -0.2) is 4.39 Å². The van der Waals surface area contributed by atoms with E-state index in [9.17, 15) is 4.39 Å². The van der Waals surface area contributed by atoms with Crippen molar-refractivity contribution < 1.29 is 9.13 Å². The molecule has 0 saturated heterocycles. The topological polar surface area (TPSA) is 9.23 Å². The van der Waals surface area contributed by atoms with E-state index in [2.05, 4.69) is 11.8 Å². The average molecular weight is 261 g/mol. The van der Waals surface area contributed by atoms with Crippen molar-refractivity contribution in [2.24, 2.45) is 0 Å². The Morgan fingerprint density at radius 3 is 2.39 bits per heavy atom. The number of halogens is 2. The average Bonchev–Trinajstić information content (AvgIpc) is 2.37. The van der Waals surface area contributed by atoms with Crippen LogP contribution >= 0.6 is 11.6 Å². The lowest BCUT2D eigenvalue weighted by molar-refractivity contribution is 0.415. The van der Waals surface area contributed by atoms with E-state index in [-0.39, 0.29) is 5.82 Å². The van der Waals surface area contributed by atoms with Gasteiger partial charge in [0.1, 0.15) is 11.6 Å². The van der Waals surface area contributed by atoms with Crippen molar-refractivity contribution in [2.45, 2.75) is 0 Å². The van der Waals surface area contributed by atoms with Gasteiger partial charge in [0.05, 0.1) is 12.1 Å². The molecule has 90 valence electrons. The second-order valence-corrected chi connectivity index (χ2v) is 4.02. The van der Waals surface area contributed by atoms with E-state index >= 15 is 0 Å². The van der Waals surface area contributed by atoms with E-state index in [1.54, 1.807) is 37.4 Å². The summed E-state index contributed by atoms with van der Waals surface area (Å²) in [6.07, 6.45) is 0. The van der Waals surface area contributed by atoms with Gasteiger partial charge in [-0.1, -0.05) is 29.5 Å². The maximum atomic E-state index is 13.0. The first-order valence-corrected chi connectivity index (χ1v) is 5.68. The fraction of sp³-hybridized carbons (Fsp3) is 0.0667. The fourth-order valence-corrected chi connectivity index (χ4v) is 1.71. The van der Waals surface area contributed by atoms with E-state index in [1.807, 2.05) is 0 Å². The number of methoxy groups -OCH3 is 1. The van der Waals surface area contributed by atoms with Gasteiger partial charge in [0.15, 0.2) is 0 Å². The Bertz CT molecular complexity index is 626. The van der Waals surface area contributed by atoms with Crippen LogP contribution in [0.5, 0.6) is 5.75 Å². The van der Waals surface area contributed by atoms with E-state index in [0.717, 1.165) is 5.56 Å². The predicted molar refractivity (Wildman–Crippen MR) is 70.4 cm³/mol. The molecule has 0 spiro atoms. The molecule has 0 aliphatic carbocycles. The van der Waals surface area contributed by atoms with Crippen LogP contribution in [0, 0.1) is 17.7 Å². The molecule has 0 heterocycles.